The molecule has 4 rings (SSSR count). The van der Waals surface area contributed by atoms with Crippen LogP contribution in [0.3, 0.4) is 0 Å². The minimum absolute atomic E-state index is 0.234. The number of rotatable bonds is 9. The second kappa shape index (κ2) is 11.7. The van der Waals surface area contributed by atoms with E-state index in [2.05, 4.69) is 5.32 Å². The Labute approximate surface area is 223 Å². The lowest BCUT2D eigenvalue weighted by Gasteiger charge is -2.23. The van der Waals surface area contributed by atoms with E-state index in [0.717, 1.165) is 21.6 Å². The largest absolute Gasteiger partial charge is 0.341 e. The monoisotopic (exact) mass is 530 g/mol. The lowest BCUT2D eigenvalue weighted by Crippen LogP contribution is -2.31. The molecule has 0 bridgehead atoms. The van der Waals surface area contributed by atoms with Crippen LogP contribution >= 0.6 is 11.8 Å². The van der Waals surface area contributed by atoms with Gasteiger partial charge in [-0.1, -0.05) is 60.2 Å². The predicted octanol–water partition coefficient (Wildman–Crippen LogP) is 6.45. The highest BCUT2D eigenvalue weighted by molar-refractivity contribution is 7.98. The Hall–Kier alpha value is -3.55. The molecular weight excluding hydrogens is 500 g/mol. The SMILES string of the molecule is CCN(c1ccc(C(=O)N[C@@H](c2ccccc2)c2ccc(C)cc2)cc1)S(=O)(=O)c1ccc(SC)cc1. The Morgan fingerprint density at radius 1 is 0.838 bits per heavy atom. The van der Waals surface area contributed by atoms with E-state index in [1.165, 1.54) is 4.31 Å². The van der Waals surface area contributed by atoms with Gasteiger partial charge in [-0.05, 0) is 79.8 Å². The van der Waals surface area contributed by atoms with Crippen LogP contribution in [0.15, 0.2) is 113 Å². The van der Waals surface area contributed by atoms with Crippen LogP contribution in [0.25, 0.3) is 0 Å². The number of carbonyl (C=O) groups is 1. The molecule has 0 saturated heterocycles. The van der Waals surface area contributed by atoms with Crippen molar-refractivity contribution in [2.24, 2.45) is 0 Å². The number of thioether (sulfide) groups is 1. The van der Waals surface area contributed by atoms with Gasteiger partial charge in [-0.15, -0.1) is 11.8 Å². The number of sulfonamides is 1. The zero-order valence-corrected chi connectivity index (χ0v) is 22.7. The number of amides is 1. The highest BCUT2D eigenvalue weighted by atomic mass is 32.2. The van der Waals surface area contributed by atoms with Crippen molar-refractivity contribution in [2.75, 3.05) is 17.1 Å². The maximum absolute atomic E-state index is 13.3. The van der Waals surface area contributed by atoms with Crippen LogP contribution in [-0.2, 0) is 10.0 Å². The summed E-state index contributed by atoms with van der Waals surface area (Å²) < 4.78 is 28.0. The molecule has 1 N–H and O–H groups in total. The van der Waals surface area contributed by atoms with Gasteiger partial charge in [0.2, 0.25) is 0 Å². The predicted molar refractivity (Wildman–Crippen MR) is 152 cm³/mol. The molecule has 7 heteroatoms. The average molecular weight is 531 g/mol. The van der Waals surface area contributed by atoms with E-state index in [0.29, 0.717) is 11.3 Å². The standard InChI is InChI=1S/C30H30N2O3S2/c1-4-32(37(34,35)28-20-18-27(36-3)19-21-28)26-16-14-25(15-17-26)30(33)31-29(23-8-6-5-7-9-23)24-12-10-22(2)11-13-24/h5-21,29H,4H2,1-3H3,(H,31,33)/t29-/m0/s1. The first-order valence-corrected chi connectivity index (χ1v) is 14.7. The van der Waals surface area contributed by atoms with E-state index < -0.39 is 10.0 Å². The first-order valence-electron chi connectivity index (χ1n) is 12.0. The third-order valence-corrected chi connectivity index (χ3v) is 8.83. The molecule has 0 aromatic heterocycles. The number of hydrogen-bond acceptors (Lipinski definition) is 4. The molecule has 4 aromatic rings. The fourth-order valence-corrected chi connectivity index (χ4v) is 6.01. The van der Waals surface area contributed by atoms with Gasteiger partial charge in [-0.25, -0.2) is 8.42 Å². The Morgan fingerprint density at radius 3 is 2.00 bits per heavy atom. The van der Waals surface area contributed by atoms with Crippen LogP contribution in [0.2, 0.25) is 0 Å². The van der Waals surface area contributed by atoms with Gasteiger partial charge in [0.05, 0.1) is 16.6 Å². The number of nitrogens with zero attached hydrogens (tertiary/aromatic N) is 1. The molecule has 190 valence electrons. The minimum Gasteiger partial charge on any atom is -0.341 e. The molecule has 0 radical (unpaired) electrons. The van der Waals surface area contributed by atoms with Gasteiger partial charge in [0.15, 0.2) is 0 Å². The second-order valence-corrected chi connectivity index (χ2v) is 11.4. The van der Waals surface area contributed by atoms with Crippen molar-refractivity contribution in [2.45, 2.75) is 29.7 Å². The fourth-order valence-electron chi connectivity index (χ4n) is 4.12. The van der Waals surface area contributed by atoms with Crippen LogP contribution in [0.5, 0.6) is 0 Å². The van der Waals surface area contributed by atoms with Crippen LogP contribution in [-0.4, -0.2) is 27.1 Å². The number of aryl methyl sites for hydroxylation is 1. The van der Waals surface area contributed by atoms with Crippen molar-refractivity contribution in [1.29, 1.82) is 0 Å². The van der Waals surface area contributed by atoms with E-state index in [9.17, 15) is 13.2 Å². The fraction of sp³-hybridized carbons (Fsp3) is 0.167. The summed E-state index contributed by atoms with van der Waals surface area (Å²) in [5.74, 6) is -0.237. The third-order valence-electron chi connectivity index (χ3n) is 6.17. The van der Waals surface area contributed by atoms with Gasteiger partial charge in [0, 0.05) is 17.0 Å². The first kappa shape index (κ1) is 26.5. The van der Waals surface area contributed by atoms with Gasteiger partial charge in [0.25, 0.3) is 15.9 Å². The summed E-state index contributed by atoms with van der Waals surface area (Å²) in [4.78, 5) is 14.5. The Kier molecular flexibility index (Phi) is 8.36. The van der Waals surface area contributed by atoms with Crippen molar-refractivity contribution >= 4 is 33.4 Å². The van der Waals surface area contributed by atoms with Crippen molar-refractivity contribution in [3.8, 4) is 0 Å². The van der Waals surface area contributed by atoms with Crippen LogP contribution in [0.1, 0.15) is 40.0 Å². The molecule has 0 heterocycles. The molecule has 0 aliphatic rings. The topological polar surface area (TPSA) is 66.5 Å². The van der Waals surface area contributed by atoms with Gasteiger partial charge in [-0.2, -0.15) is 0 Å². The first-order chi connectivity index (χ1) is 17.8. The summed E-state index contributed by atoms with van der Waals surface area (Å²) in [5, 5.41) is 3.14. The lowest BCUT2D eigenvalue weighted by atomic mass is 9.97. The zero-order valence-electron chi connectivity index (χ0n) is 21.1. The van der Waals surface area contributed by atoms with Gasteiger partial charge >= 0.3 is 0 Å². The van der Waals surface area contributed by atoms with E-state index in [4.69, 9.17) is 0 Å². The Bertz CT molecular complexity index is 1440. The third kappa shape index (κ3) is 6.06. The van der Waals surface area contributed by atoms with Crippen molar-refractivity contribution in [1.82, 2.24) is 5.32 Å². The highest BCUT2D eigenvalue weighted by Gasteiger charge is 2.24. The smallest absolute Gasteiger partial charge is 0.264 e. The molecule has 0 saturated carbocycles. The highest BCUT2D eigenvalue weighted by Crippen LogP contribution is 2.27. The summed E-state index contributed by atoms with van der Waals surface area (Å²) in [5.41, 5.74) is 4.07. The van der Waals surface area contributed by atoms with E-state index in [-0.39, 0.29) is 23.4 Å². The normalized spacial score (nSPS) is 12.1. The molecule has 0 unspecified atom stereocenters. The van der Waals surface area contributed by atoms with E-state index in [1.807, 2.05) is 67.8 Å². The molecular formula is C30H30N2O3S2. The molecule has 0 spiro atoms. The molecule has 4 aromatic carbocycles. The van der Waals surface area contributed by atoms with E-state index >= 15 is 0 Å². The quantitative estimate of drug-likeness (QED) is 0.253. The van der Waals surface area contributed by atoms with Gasteiger partial charge in [0.1, 0.15) is 0 Å². The van der Waals surface area contributed by atoms with Crippen molar-refractivity contribution < 1.29 is 13.2 Å². The van der Waals surface area contributed by atoms with Crippen molar-refractivity contribution in [3.05, 3.63) is 125 Å². The van der Waals surface area contributed by atoms with Gasteiger partial charge < -0.3 is 5.32 Å². The maximum Gasteiger partial charge on any atom is 0.264 e. The molecule has 37 heavy (non-hydrogen) atoms. The summed E-state index contributed by atoms with van der Waals surface area (Å²) >= 11 is 1.56. The minimum atomic E-state index is -3.73. The molecule has 5 nitrogen and oxygen atoms in total. The number of anilines is 1. The van der Waals surface area contributed by atoms with Crippen LogP contribution in [0.4, 0.5) is 5.69 Å². The Morgan fingerprint density at radius 2 is 1.43 bits per heavy atom. The molecule has 1 atom stereocenters. The number of hydrogen-bond donors (Lipinski definition) is 1. The zero-order chi connectivity index (χ0) is 26.4. The number of nitrogens with one attached hydrogen (secondary N) is 1. The summed E-state index contributed by atoms with van der Waals surface area (Å²) in [6, 6.07) is 31.1. The summed E-state index contributed by atoms with van der Waals surface area (Å²) in [6.07, 6.45) is 1.95. The second-order valence-electron chi connectivity index (χ2n) is 8.62. The van der Waals surface area contributed by atoms with Crippen LogP contribution < -0.4 is 9.62 Å². The molecule has 0 aliphatic heterocycles. The maximum atomic E-state index is 13.3. The van der Waals surface area contributed by atoms with E-state index in [1.54, 1.807) is 67.2 Å². The summed E-state index contributed by atoms with van der Waals surface area (Å²) in [6.45, 7) is 4.09. The average Bonchev–Trinajstić information content (AvgIpc) is 2.93. The van der Waals surface area contributed by atoms with Crippen LogP contribution in [0, 0.1) is 6.92 Å². The van der Waals surface area contributed by atoms with Gasteiger partial charge in [-0.3, -0.25) is 9.10 Å². The van der Waals surface area contributed by atoms with Crippen molar-refractivity contribution in [3.63, 3.8) is 0 Å². The number of carbonyl (C=O) groups excluding carboxylic acids is 1. The molecule has 0 aliphatic carbocycles. The number of benzene rings is 4. The lowest BCUT2D eigenvalue weighted by molar-refractivity contribution is 0.0943. The molecule has 1 amide bonds. The Balaban J connectivity index is 1.57. The summed E-state index contributed by atoms with van der Waals surface area (Å²) in [7, 11) is -3.73. The molecule has 0 fully saturated rings.